The van der Waals surface area contributed by atoms with Crippen LogP contribution in [0, 0.1) is 0 Å². The number of aryl methyl sites for hydroxylation is 1. The maximum Gasteiger partial charge on any atom is 0.233 e. The fourth-order valence-electron chi connectivity index (χ4n) is 2.84. The minimum absolute atomic E-state index is 0.171. The van der Waals surface area contributed by atoms with Crippen molar-refractivity contribution in [1.82, 2.24) is 14.5 Å². The highest BCUT2D eigenvalue weighted by Crippen LogP contribution is 2.24. The predicted octanol–water partition coefficient (Wildman–Crippen LogP) is 3.79. The second-order valence-electron chi connectivity index (χ2n) is 5.90. The summed E-state index contributed by atoms with van der Waals surface area (Å²) < 4.78 is 2.17. The Morgan fingerprint density at radius 1 is 1.23 bits per heavy atom. The van der Waals surface area contributed by atoms with Gasteiger partial charge in [0.25, 0.3) is 0 Å². The van der Waals surface area contributed by atoms with E-state index < -0.39 is 0 Å². The average Bonchev–Trinajstić information content (AvgIpc) is 2.81. The van der Waals surface area contributed by atoms with Crippen LogP contribution in [0.25, 0.3) is 11.0 Å². The van der Waals surface area contributed by atoms with E-state index in [9.17, 15) is 4.79 Å². The molecule has 120 valence electrons. The molecule has 0 N–H and O–H groups in total. The van der Waals surface area contributed by atoms with Crippen molar-refractivity contribution in [3.05, 3.63) is 24.3 Å². The molecule has 2 aromatic rings. The summed E-state index contributed by atoms with van der Waals surface area (Å²) in [6.45, 7) is 11.2. The van der Waals surface area contributed by atoms with Crippen LogP contribution in [0.2, 0.25) is 0 Å². The number of aromatic nitrogens is 2. The van der Waals surface area contributed by atoms with Crippen LogP contribution in [0.15, 0.2) is 29.4 Å². The molecule has 0 saturated carbocycles. The summed E-state index contributed by atoms with van der Waals surface area (Å²) in [7, 11) is 0. The molecule has 1 aromatic heterocycles. The van der Waals surface area contributed by atoms with Crippen molar-refractivity contribution in [2.24, 2.45) is 0 Å². The molecule has 1 aromatic carbocycles. The molecule has 2 rings (SSSR count). The van der Waals surface area contributed by atoms with Gasteiger partial charge in [0.05, 0.1) is 16.8 Å². The number of thioether (sulfide) groups is 1. The molecule has 0 unspecified atom stereocenters. The van der Waals surface area contributed by atoms with E-state index in [0.717, 1.165) is 22.7 Å². The zero-order chi connectivity index (χ0) is 16.3. The second kappa shape index (κ2) is 7.18. The Morgan fingerprint density at radius 3 is 2.45 bits per heavy atom. The largest absolute Gasteiger partial charge is 0.337 e. The number of nitrogens with zero attached hydrogens (tertiary/aromatic N) is 3. The first-order valence-electron chi connectivity index (χ1n) is 7.84. The van der Waals surface area contributed by atoms with Crippen molar-refractivity contribution in [1.29, 1.82) is 0 Å². The van der Waals surface area contributed by atoms with E-state index in [1.54, 1.807) is 0 Å². The first-order chi connectivity index (χ1) is 10.5. The lowest BCUT2D eigenvalue weighted by Gasteiger charge is -2.30. The zero-order valence-corrected chi connectivity index (χ0v) is 14.9. The SMILES string of the molecule is CCn1c(SCC(=O)N(C(C)C)C(C)C)nc2ccccc21. The third-order valence-electron chi connectivity index (χ3n) is 3.66. The van der Waals surface area contributed by atoms with Gasteiger partial charge in [-0.05, 0) is 46.8 Å². The third-order valence-corrected chi connectivity index (χ3v) is 4.62. The molecule has 0 fully saturated rings. The van der Waals surface area contributed by atoms with Crippen molar-refractivity contribution in [2.45, 2.75) is 58.4 Å². The van der Waals surface area contributed by atoms with Gasteiger partial charge in [0, 0.05) is 18.6 Å². The maximum absolute atomic E-state index is 12.5. The smallest absolute Gasteiger partial charge is 0.233 e. The van der Waals surface area contributed by atoms with Gasteiger partial charge in [0.15, 0.2) is 5.16 Å². The minimum atomic E-state index is 0.171. The minimum Gasteiger partial charge on any atom is -0.337 e. The Bertz CT molecular complexity index is 640. The van der Waals surface area contributed by atoms with Crippen LogP contribution >= 0.6 is 11.8 Å². The molecule has 0 spiro atoms. The van der Waals surface area contributed by atoms with Gasteiger partial charge in [-0.2, -0.15) is 0 Å². The molecule has 22 heavy (non-hydrogen) atoms. The first kappa shape index (κ1) is 16.9. The van der Waals surface area contributed by atoms with E-state index in [1.165, 1.54) is 11.8 Å². The lowest BCUT2D eigenvalue weighted by molar-refractivity contribution is -0.131. The molecular weight excluding hydrogens is 294 g/mol. The van der Waals surface area contributed by atoms with Crippen LogP contribution in [-0.2, 0) is 11.3 Å². The summed E-state index contributed by atoms with van der Waals surface area (Å²) in [6.07, 6.45) is 0. The number of imidazole rings is 1. The van der Waals surface area contributed by atoms with Gasteiger partial charge in [-0.15, -0.1) is 0 Å². The van der Waals surface area contributed by atoms with E-state index in [2.05, 4.69) is 50.2 Å². The summed E-state index contributed by atoms with van der Waals surface area (Å²) in [4.78, 5) is 19.1. The van der Waals surface area contributed by atoms with E-state index in [0.29, 0.717) is 5.75 Å². The summed E-state index contributed by atoms with van der Waals surface area (Å²) >= 11 is 1.53. The molecule has 1 heterocycles. The molecule has 1 amide bonds. The molecule has 0 aliphatic rings. The number of benzene rings is 1. The van der Waals surface area contributed by atoms with Gasteiger partial charge in [-0.3, -0.25) is 4.79 Å². The first-order valence-corrected chi connectivity index (χ1v) is 8.83. The van der Waals surface area contributed by atoms with Crippen molar-refractivity contribution in [3.63, 3.8) is 0 Å². The topological polar surface area (TPSA) is 38.1 Å². The summed E-state index contributed by atoms with van der Waals surface area (Å²) in [5, 5.41) is 0.921. The number of para-hydroxylation sites is 2. The molecule has 0 aliphatic heterocycles. The molecule has 0 aliphatic carbocycles. The van der Waals surface area contributed by atoms with Crippen molar-refractivity contribution < 1.29 is 4.79 Å². The Kier molecular flexibility index (Phi) is 5.51. The zero-order valence-electron chi connectivity index (χ0n) is 14.0. The number of hydrogen-bond acceptors (Lipinski definition) is 3. The number of carbonyl (C=O) groups excluding carboxylic acids is 1. The Labute approximate surface area is 136 Å². The van der Waals surface area contributed by atoms with Gasteiger partial charge in [0.1, 0.15) is 0 Å². The summed E-state index contributed by atoms with van der Waals surface area (Å²) in [5.74, 6) is 0.601. The number of carbonyl (C=O) groups is 1. The average molecular weight is 319 g/mol. The van der Waals surface area contributed by atoms with E-state index >= 15 is 0 Å². The monoisotopic (exact) mass is 319 g/mol. The number of rotatable bonds is 6. The van der Waals surface area contributed by atoms with E-state index in [4.69, 9.17) is 0 Å². The standard InChI is InChI=1S/C17H25N3OS/c1-6-19-15-10-8-7-9-14(15)18-17(19)22-11-16(21)20(12(2)3)13(4)5/h7-10,12-13H,6,11H2,1-5H3. The maximum atomic E-state index is 12.5. The fourth-order valence-corrected chi connectivity index (χ4v) is 3.79. The van der Waals surface area contributed by atoms with Crippen molar-refractivity contribution in [2.75, 3.05) is 5.75 Å². The van der Waals surface area contributed by atoms with Crippen LogP contribution in [-0.4, -0.2) is 38.2 Å². The Balaban J connectivity index is 2.16. The summed E-state index contributed by atoms with van der Waals surface area (Å²) in [5.41, 5.74) is 2.12. The fraction of sp³-hybridized carbons (Fsp3) is 0.529. The molecule has 4 nitrogen and oxygen atoms in total. The number of amides is 1. The Morgan fingerprint density at radius 2 is 1.86 bits per heavy atom. The highest BCUT2D eigenvalue weighted by Gasteiger charge is 2.21. The highest BCUT2D eigenvalue weighted by molar-refractivity contribution is 7.99. The van der Waals surface area contributed by atoms with E-state index in [-0.39, 0.29) is 18.0 Å². The van der Waals surface area contributed by atoms with Crippen LogP contribution in [0.4, 0.5) is 0 Å². The lowest BCUT2D eigenvalue weighted by atomic mass is 10.2. The third kappa shape index (κ3) is 3.46. The predicted molar refractivity (Wildman–Crippen MR) is 93.2 cm³/mol. The molecule has 0 bridgehead atoms. The number of fused-ring (bicyclic) bond motifs is 1. The molecular formula is C17H25N3OS. The van der Waals surface area contributed by atoms with Gasteiger partial charge >= 0.3 is 0 Å². The normalized spacial score (nSPS) is 11.6. The van der Waals surface area contributed by atoms with Gasteiger partial charge in [-0.1, -0.05) is 23.9 Å². The molecule has 0 saturated heterocycles. The van der Waals surface area contributed by atoms with Crippen LogP contribution in [0.3, 0.4) is 0 Å². The molecule has 0 radical (unpaired) electrons. The number of hydrogen-bond donors (Lipinski definition) is 0. The van der Waals surface area contributed by atoms with Gasteiger partial charge in [-0.25, -0.2) is 4.98 Å². The van der Waals surface area contributed by atoms with Gasteiger partial charge < -0.3 is 9.47 Å². The second-order valence-corrected chi connectivity index (χ2v) is 6.85. The van der Waals surface area contributed by atoms with Crippen LogP contribution in [0.5, 0.6) is 0 Å². The van der Waals surface area contributed by atoms with Crippen molar-refractivity contribution >= 4 is 28.7 Å². The van der Waals surface area contributed by atoms with Crippen LogP contribution < -0.4 is 0 Å². The summed E-state index contributed by atoms with van der Waals surface area (Å²) in [6, 6.07) is 8.55. The van der Waals surface area contributed by atoms with Crippen LogP contribution in [0.1, 0.15) is 34.6 Å². The van der Waals surface area contributed by atoms with E-state index in [1.807, 2.05) is 23.1 Å². The van der Waals surface area contributed by atoms with Crippen molar-refractivity contribution in [3.8, 4) is 0 Å². The lowest BCUT2D eigenvalue weighted by Crippen LogP contribution is -2.43. The quantitative estimate of drug-likeness (QED) is 0.760. The van der Waals surface area contributed by atoms with Gasteiger partial charge in [0.2, 0.25) is 5.91 Å². The highest BCUT2D eigenvalue weighted by atomic mass is 32.2. The molecule has 0 atom stereocenters. The molecule has 5 heteroatoms. The Hall–Kier alpha value is -1.49.